The lowest BCUT2D eigenvalue weighted by atomic mass is 9.79. The van der Waals surface area contributed by atoms with E-state index < -0.39 is 17.3 Å². The number of amides is 1. The molecule has 1 unspecified atom stereocenters. The van der Waals surface area contributed by atoms with Crippen LogP contribution in [0, 0.1) is 11.3 Å². The molecule has 0 N–H and O–H groups in total. The minimum Gasteiger partial charge on any atom is -0.465 e. The predicted octanol–water partition coefficient (Wildman–Crippen LogP) is 1.77. The van der Waals surface area contributed by atoms with Crippen molar-refractivity contribution < 1.29 is 14.3 Å². The zero-order valence-corrected chi connectivity index (χ0v) is 14.1. The van der Waals surface area contributed by atoms with Crippen LogP contribution in [0.5, 0.6) is 0 Å². The Labute approximate surface area is 128 Å². The Bertz CT molecular complexity index is 355. The van der Waals surface area contributed by atoms with Gasteiger partial charge in [0.2, 0.25) is 5.91 Å². The van der Waals surface area contributed by atoms with E-state index in [0.29, 0.717) is 19.7 Å². The average molecular weight is 298 g/mol. The Balaban J connectivity index is 2.72. The highest BCUT2D eigenvalue weighted by atomic mass is 16.5. The first-order valence-electron chi connectivity index (χ1n) is 7.99. The number of nitrogens with zero attached hydrogens (tertiary/aromatic N) is 2. The van der Waals surface area contributed by atoms with Crippen molar-refractivity contribution in [1.82, 2.24) is 9.80 Å². The highest BCUT2D eigenvalue weighted by molar-refractivity contribution is 5.98. The molecule has 0 aromatic rings. The molecule has 0 aromatic heterocycles. The van der Waals surface area contributed by atoms with Crippen LogP contribution < -0.4 is 0 Å². The maximum absolute atomic E-state index is 12.7. The van der Waals surface area contributed by atoms with Crippen molar-refractivity contribution >= 4 is 11.9 Å². The first-order valence-corrected chi connectivity index (χ1v) is 7.99. The first kappa shape index (κ1) is 18.0. The first-order chi connectivity index (χ1) is 9.81. The van der Waals surface area contributed by atoms with E-state index in [1.807, 2.05) is 25.7 Å². The minimum atomic E-state index is -0.713. The Hall–Kier alpha value is -1.10. The van der Waals surface area contributed by atoms with Gasteiger partial charge in [-0.25, -0.2) is 0 Å². The summed E-state index contributed by atoms with van der Waals surface area (Å²) in [6.07, 6.45) is 1.13. The third kappa shape index (κ3) is 4.99. The molecule has 1 saturated heterocycles. The summed E-state index contributed by atoms with van der Waals surface area (Å²) in [4.78, 5) is 29.1. The molecule has 5 heteroatoms. The van der Waals surface area contributed by atoms with E-state index in [0.717, 1.165) is 26.1 Å². The Morgan fingerprint density at radius 2 is 1.67 bits per heavy atom. The molecule has 5 nitrogen and oxygen atoms in total. The Morgan fingerprint density at radius 1 is 1.10 bits per heavy atom. The second-order valence-electron chi connectivity index (χ2n) is 6.72. The molecular formula is C16H30N2O3. The number of carbonyl (C=O) groups is 2. The maximum atomic E-state index is 12.7. The zero-order valence-electron chi connectivity index (χ0n) is 14.1. The number of hydrogen-bond acceptors (Lipinski definition) is 4. The van der Waals surface area contributed by atoms with E-state index in [2.05, 4.69) is 11.8 Å². The molecule has 0 bridgehead atoms. The van der Waals surface area contributed by atoms with Crippen molar-refractivity contribution in [3.05, 3.63) is 0 Å². The number of hydrogen-bond donors (Lipinski definition) is 0. The fraction of sp³-hybridized carbons (Fsp3) is 0.875. The van der Waals surface area contributed by atoms with Crippen LogP contribution in [-0.4, -0.2) is 61.0 Å². The third-order valence-electron chi connectivity index (χ3n) is 3.86. The highest BCUT2D eigenvalue weighted by Crippen LogP contribution is 2.29. The van der Waals surface area contributed by atoms with E-state index in [1.165, 1.54) is 0 Å². The van der Waals surface area contributed by atoms with E-state index >= 15 is 0 Å². The number of rotatable bonds is 5. The topological polar surface area (TPSA) is 49.9 Å². The molecule has 1 rings (SSSR count). The second-order valence-corrected chi connectivity index (χ2v) is 6.72. The molecule has 1 aliphatic rings. The predicted molar refractivity (Wildman–Crippen MR) is 82.9 cm³/mol. The summed E-state index contributed by atoms with van der Waals surface area (Å²) in [7, 11) is 0. The van der Waals surface area contributed by atoms with Gasteiger partial charge in [0.05, 0.1) is 6.61 Å². The smallest absolute Gasteiger partial charge is 0.319 e. The van der Waals surface area contributed by atoms with E-state index in [4.69, 9.17) is 4.74 Å². The van der Waals surface area contributed by atoms with Gasteiger partial charge in [0.15, 0.2) is 0 Å². The van der Waals surface area contributed by atoms with Gasteiger partial charge in [0.1, 0.15) is 5.92 Å². The second kappa shape index (κ2) is 7.78. The summed E-state index contributed by atoms with van der Waals surface area (Å²) in [5, 5.41) is 0. The lowest BCUT2D eigenvalue weighted by Crippen LogP contribution is -2.53. The van der Waals surface area contributed by atoms with Crippen LogP contribution in [0.25, 0.3) is 0 Å². The van der Waals surface area contributed by atoms with Crippen LogP contribution in [0.15, 0.2) is 0 Å². The quantitative estimate of drug-likeness (QED) is 0.573. The monoisotopic (exact) mass is 298 g/mol. The molecule has 1 aliphatic heterocycles. The number of carbonyl (C=O) groups excluding carboxylic acids is 2. The third-order valence-corrected chi connectivity index (χ3v) is 3.86. The van der Waals surface area contributed by atoms with E-state index in [-0.39, 0.29) is 5.91 Å². The van der Waals surface area contributed by atoms with Crippen LogP contribution in [0.2, 0.25) is 0 Å². The Kier molecular flexibility index (Phi) is 6.65. The summed E-state index contributed by atoms with van der Waals surface area (Å²) in [5.74, 6) is -1.20. The molecule has 0 spiro atoms. The van der Waals surface area contributed by atoms with Crippen LogP contribution in [0.3, 0.4) is 0 Å². The normalized spacial score (nSPS) is 18.4. The number of piperazine rings is 1. The SMILES string of the molecule is CCCN1CCN(C(=O)C(C(=O)OCC)C(C)(C)C)CC1. The number of esters is 1. The van der Waals surface area contributed by atoms with Crippen molar-refractivity contribution in [2.45, 2.75) is 41.0 Å². The summed E-state index contributed by atoms with van der Waals surface area (Å²) in [6, 6.07) is 0. The Morgan fingerprint density at radius 3 is 2.10 bits per heavy atom. The van der Waals surface area contributed by atoms with Crippen molar-refractivity contribution in [1.29, 1.82) is 0 Å². The lowest BCUT2D eigenvalue weighted by molar-refractivity contribution is -0.161. The van der Waals surface area contributed by atoms with Gasteiger partial charge in [-0.1, -0.05) is 27.7 Å². The molecule has 0 saturated carbocycles. The minimum absolute atomic E-state index is 0.0860. The molecule has 122 valence electrons. The summed E-state index contributed by atoms with van der Waals surface area (Å²) in [6.45, 7) is 14.2. The molecule has 1 heterocycles. The number of ether oxygens (including phenoxy) is 1. The maximum Gasteiger partial charge on any atom is 0.319 e. The molecule has 21 heavy (non-hydrogen) atoms. The van der Waals surface area contributed by atoms with Crippen molar-refractivity contribution in [2.75, 3.05) is 39.3 Å². The van der Waals surface area contributed by atoms with Crippen LogP contribution >= 0.6 is 0 Å². The summed E-state index contributed by atoms with van der Waals surface area (Å²) >= 11 is 0. The van der Waals surface area contributed by atoms with Gasteiger partial charge in [-0.2, -0.15) is 0 Å². The van der Waals surface area contributed by atoms with Gasteiger partial charge in [-0.3, -0.25) is 14.5 Å². The van der Waals surface area contributed by atoms with Gasteiger partial charge in [-0.15, -0.1) is 0 Å². The van der Waals surface area contributed by atoms with Crippen molar-refractivity contribution in [3.8, 4) is 0 Å². The molecule has 1 fully saturated rings. The zero-order chi connectivity index (χ0) is 16.0. The van der Waals surface area contributed by atoms with Crippen LogP contribution in [0.1, 0.15) is 41.0 Å². The van der Waals surface area contributed by atoms with E-state index in [9.17, 15) is 9.59 Å². The van der Waals surface area contributed by atoms with E-state index in [1.54, 1.807) is 6.92 Å². The largest absolute Gasteiger partial charge is 0.465 e. The van der Waals surface area contributed by atoms with Gasteiger partial charge < -0.3 is 9.64 Å². The summed E-state index contributed by atoms with van der Waals surface area (Å²) in [5.41, 5.74) is -0.427. The molecule has 0 radical (unpaired) electrons. The van der Waals surface area contributed by atoms with Gasteiger partial charge in [0.25, 0.3) is 0 Å². The summed E-state index contributed by atoms with van der Waals surface area (Å²) < 4.78 is 5.11. The molecule has 1 amide bonds. The highest BCUT2D eigenvalue weighted by Gasteiger charge is 2.41. The molecular weight excluding hydrogens is 268 g/mol. The van der Waals surface area contributed by atoms with Crippen molar-refractivity contribution in [3.63, 3.8) is 0 Å². The van der Waals surface area contributed by atoms with Gasteiger partial charge >= 0.3 is 5.97 Å². The van der Waals surface area contributed by atoms with Gasteiger partial charge in [-0.05, 0) is 25.3 Å². The van der Waals surface area contributed by atoms with Crippen molar-refractivity contribution in [2.24, 2.45) is 11.3 Å². The van der Waals surface area contributed by atoms with Gasteiger partial charge in [0, 0.05) is 26.2 Å². The molecule has 0 aliphatic carbocycles. The fourth-order valence-corrected chi connectivity index (χ4v) is 2.74. The lowest BCUT2D eigenvalue weighted by Gasteiger charge is -2.38. The standard InChI is InChI=1S/C16H30N2O3/c1-6-8-17-9-11-18(12-10-17)14(19)13(16(3,4)5)15(20)21-7-2/h13H,6-12H2,1-5H3. The fourth-order valence-electron chi connectivity index (χ4n) is 2.74. The van der Waals surface area contributed by atoms with Crippen LogP contribution in [0.4, 0.5) is 0 Å². The molecule has 0 aromatic carbocycles. The van der Waals surface area contributed by atoms with Crippen LogP contribution in [-0.2, 0) is 14.3 Å². The average Bonchev–Trinajstić information content (AvgIpc) is 2.38. The molecule has 1 atom stereocenters.